The fourth-order valence-corrected chi connectivity index (χ4v) is 4.37. The van der Waals surface area contributed by atoms with Gasteiger partial charge < -0.3 is 15.4 Å². The molecule has 0 spiro atoms. The summed E-state index contributed by atoms with van der Waals surface area (Å²) in [5, 5.41) is 6.40. The van der Waals surface area contributed by atoms with E-state index in [1.165, 1.54) is 0 Å². The summed E-state index contributed by atoms with van der Waals surface area (Å²) in [6.45, 7) is 0.634. The highest BCUT2D eigenvalue weighted by molar-refractivity contribution is 7.92. The van der Waals surface area contributed by atoms with Crippen molar-refractivity contribution in [2.75, 3.05) is 22.9 Å². The highest BCUT2D eigenvalue weighted by atomic mass is 32.2. The molecule has 1 atom stereocenters. The Balaban J connectivity index is 1.67. The van der Waals surface area contributed by atoms with Crippen molar-refractivity contribution in [3.05, 3.63) is 60.8 Å². The largest absolute Gasteiger partial charge is 0.452 e. The molecule has 4 bridgehead atoms. The van der Waals surface area contributed by atoms with E-state index in [9.17, 15) is 4.21 Å². The first kappa shape index (κ1) is 18.2. The van der Waals surface area contributed by atoms with Crippen LogP contribution in [0.25, 0.3) is 0 Å². The fourth-order valence-electron chi connectivity index (χ4n) is 2.91. The molecule has 1 aromatic heterocycles. The summed E-state index contributed by atoms with van der Waals surface area (Å²) in [5.41, 5.74) is 0.694. The minimum Gasteiger partial charge on any atom is -0.452 e. The van der Waals surface area contributed by atoms with E-state index in [0.717, 1.165) is 6.42 Å². The molecular weight excluding hydrogens is 374 g/mol. The highest BCUT2D eigenvalue weighted by Gasteiger charge is 2.14. The van der Waals surface area contributed by atoms with Crippen LogP contribution >= 0.6 is 0 Å². The van der Waals surface area contributed by atoms with Gasteiger partial charge in [0.15, 0.2) is 11.6 Å². The lowest BCUT2D eigenvalue weighted by Gasteiger charge is -2.13. The molecule has 0 aliphatic carbocycles. The van der Waals surface area contributed by atoms with Gasteiger partial charge in [-0.25, -0.2) is 14.0 Å². The van der Waals surface area contributed by atoms with Crippen molar-refractivity contribution in [2.24, 2.45) is 0 Å². The Morgan fingerprint density at radius 1 is 1.07 bits per heavy atom. The first-order valence-electron chi connectivity index (χ1n) is 9.08. The lowest BCUT2D eigenvalue weighted by molar-refractivity contribution is 0.479. The van der Waals surface area contributed by atoms with Crippen LogP contribution in [0.15, 0.2) is 65.7 Å². The normalized spacial score (nSPS) is 19.1. The van der Waals surface area contributed by atoms with Crippen LogP contribution in [0.3, 0.4) is 0 Å². The minimum absolute atomic E-state index is 0.328. The summed E-state index contributed by atoms with van der Waals surface area (Å²) >= 11 is 0. The van der Waals surface area contributed by atoms with Gasteiger partial charge in [-0.2, -0.15) is 4.98 Å². The minimum atomic E-state index is -2.82. The molecular formula is C20H21N5O2S. The highest BCUT2D eigenvalue weighted by Crippen LogP contribution is 2.29. The van der Waals surface area contributed by atoms with Crippen molar-refractivity contribution in [3.63, 3.8) is 0 Å². The molecule has 1 unspecified atom stereocenters. The van der Waals surface area contributed by atoms with Gasteiger partial charge in [0, 0.05) is 22.9 Å². The topological polar surface area (TPSA) is 100.0 Å². The van der Waals surface area contributed by atoms with Gasteiger partial charge in [-0.3, -0.25) is 0 Å². The zero-order valence-corrected chi connectivity index (χ0v) is 16.0. The van der Waals surface area contributed by atoms with Gasteiger partial charge in [0.05, 0.1) is 15.9 Å². The summed E-state index contributed by atoms with van der Waals surface area (Å²) in [5.74, 6) is 2.55. The maximum Gasteiger partial charge on any atom is 0.229 e. The zero-order valence-electron chi connectivity index (χ0n) is 15.2. The van der Waals surface area contributed by atoms with Gasteiger partial charge in [-0.05, 0) is 43.2 Å². The molecule has 8 heteroatoms. The number of hydrogen-bond donors (Lipinski definition) is 3. The Morgan fingerprint density at radius 3 is 2.79 bits per heavy atom. The molecule has 1 aliphatic heterocycles. The van der Waals surface area contributed by atoms with Gasteiger partial charge in [-0.1, -0.05) is 24.3 Å². The van der Waals surface area contributed by atoms with E-state index < -0.39 is 9.73 Å². The average molecular weight is 395 g/mol. The molecule has 4 rings (SSSR count). The van der Waals surface area contributed by atoms with Crippen molar-refractivity contribution < 1.29 is 8.95 Å². The predicted molar refractivity (Wildman–Crippen MR) is 110 cm³/mol. The number of aromatic nitrogens is 2. The molecule has 3 N–H and O–H groups in total. The Kier molecular flexibility index (Phi) is 5.12. The third-order valence-corrected chi connectivity index (χ3v) is 6.23. The van der Waals surface area contributed by atoms with Crippen LogP contribution in [0, 0.1) is 4.78 Å². The third kappa shape index (κ3) is 4.23. The lowest BCUT2D eigenvalue weighted by atomic mass is 10.3. The van der Waals surface area contributed by atoms with Crippen LogP contribution in [0.5, 0.6) is 11.5 Å². The molecule has 1 aliphatic rings. The number of rotatable bonds is 2. The number of para-hydroxylation sites is 1. The van der Waals surface area contributed by atoms with Crippen LogP contribution in [0.2, 0.25) is 0 Å². The monoisotopic (exact) mass is 395 g/mol. The lowest BCUT2D eigenvalue weighted by Crippen LogP contribution is -2.09. The van der Waals surface area contributed by atoms with Gasteiger partial charge in [0.2, 0.25) is 5.95 Å². The van der Waals surface area contributed by atoms with E-state index in [2.05, 4.69) is 20.6 Å². The summed E-state index contributed by atoms with van der Waals surface area (Å²) in [7, 11) is -2.82. The Morgan fingerprint density at radius 2 is 1.93 bits per heavy atom. The van der Waals surface area contributed by atoms with E-state index in [0.29, 0.717) is 52.6 Å². The maximum absolute atomic E-state index is 12.7. The van der Waals surface area contributed by atoms with Crippen LogP contribution in [0.4, 0.5) is 17.5 Å². The van der Waals surface area contributed by atoms with Crippen molar-refractivity contribution in [3.8, 4) is 11.5 Å². The molecule has 0 fully saturated rings. The second-order valence-electron chi connectivity index (χ2n) is 6.49. The van der Waals surface area contributed by atoms with Crippen LogP contribution in [0.1, 0.15) is 12.8 Å². The number of anilines is 3. The average Bonchev–Trinajstić information content (AvgIpc) is 2.70. The number of ether oxygens (including phenoxy) is 1. The number of nitrogens with zero attached hydrogens (tertiary/aromatic N) is 2. The Bertz CT molecular complexity index is 1070. The first-order valence-corrected chi connectivity index (χ1v) is 10.8. The van der Waals surface area contributed by atoms with Gasteiger partial charge in [0.1, 0.15) is 5.75 Å². The van der Waals surface area contributed by atoms with Crippen LogP contribution < -0.4 is 15.4 Å². The molecule has 0 radical (unpaired) electrons. The van der Waals surface area contributed by atoms with Crippen molar-refractivity contribution in [1.29, 1.82) is 4.78 Å². The van der Waals surface area contributed by atoms with E-state index in [1.807, 2.05) is 36.4 Å². The van der Waals surface area contributed by atoms with Gasteiger partial charge >= 0.3 is 0 Å². The van der Waals surface area contributed by atoms with E-state index in [1.54, 1.807) is 24.4 Å². The fraction of sp³-hybridized carbons (Fsp3) is 0.200. The third-order valence-electron chi connectivity index (χ3n) is 4.35. The van der Waals surface area contributed by atoms with Crippen molar-refractivity contribution in [1.82, 2.24) is 9.97 Å². The van der Waals surface area contributed by atoms with Gasteiger partial charge in [0.25, 0.3) is 0 Å². The van der Waals surface area contributed by atoms with E-state index in [4.69, 9.17) is 9.52 Å². The summed E-state index contributed by atoms with van der Waals surface area (Å²) in [6.07, 6.45) is 3.08. The number of fused-ring (bicyclic) bond motifs is 4. The maximum atomic E-state index is 12.7. The molecule has 144 valence electrons. The quantitative estimate of drug-likeness (QED) is 0.585. The predicted octanol–water partition coefficient (Wildman–Crippen LogP) is 4.62. The van der Waals surface area contributed by atoms with Crippen molar-refractivity contribution in [2.45, 2.75) is 17.7 Å². The standard InChI is InChI=1S/C20H21N5O2S/c21-28(26)12-5-4-11-22-19-18(27-16-8-2-1-3-9-16)14-23-20(25-19)24-15-7-6-10-17(28)13-15/h1-3,6-10,13-14,21H,4-5,11-12H2,(H2,22,23,24,25). The Hall–Kier alpha value is -3.13. The van der Waals surface area contributed by atoms with E-state index in [-0.39, 0.29) is 0 Å². The van der Waals surface area contributed by atoms with E-state index >= 15 is 0 Å². The molecule has 2 heterocycles. The zero-order chi connectivity index (χ0) is 19.4. The molecule has 2 aromatic carbocycles. The molecule has 3 aromatic rings. The first-order chi connectivity index (χ1) is 13.6. The molecule has 0 saturated carbocycles. The van der Waals surface area contributed by atoms with Gasteiger partial charge in [-0.15, -0.1) is 0 Å². The summed E-state index contributed by atoms with van der Waals surface area (Å²) in [6, 6.07) is 16.6. The molecule has 7 nitrogen and oxygen atoms in total. The van der Waals surface area contributed by atoms with Crippen LogP contribution in [-0.2, 0) is 9.73 Å². The number of nitrogens with one attached hydrogen (secondary N) is 3. The Labute approximate surface area is 164 Å². The smallest absolute Gasteiger partial charge is 0.229 e. The second-order valence-corrected chi connectivity index (χ2v) is 8.72. The molecule has 0 saturated heterocycles. The summed E-state index contributed by atoms with van der Waals surface area (Å²) < 4.78 is 26.9. The number of benzene rings is 2. The van der Waals surface area contributed by atoms with Crippen molar-refractivity contribution >= 4 is 27.2 Å². The molecule has 0 amide bonds. The SMILES string of the molecule is N=S1(=O)CCCCNc2nc(ncc2Oc2ccccc2)Nc2cccc1c2. The summed E-state index contributed by atoms with van der Waals surface area (Å²) in [4.78, 5) is 9.41. The second kappa shape index (κ2) is 7.85. The molecule has 28 heavy (non-hydrogen) atoms. The number of hydrogen-bond acceptors (Lipinski definition) is 7. The van der Waals surface area contributed by atoms with Crippen LogP contribution in [-0.4, -0.2) is 26.5 Å².